The largest absolute Gasteiger partial charge is 0.497 e. The Morgan fingerprint density at radius 3 is 2.35 bits per heavy atom. The Bertz CT molecular complexity index is 1090. The first-order chi connectivity index (χ1) is 14.8. The molecule has 0 unspecified atom stereocenters. The van der Waals surface area contributed by atoms with Crippen molar-refractivity contribution in [3.8, 4) is 11.5 Å². The number of Topliss-reactive ketones (excluding diaryl/α,β-unsaturated/α-hetero) is 1. The summed E-state index contributed by atoms with van der Waals surface area (Å²) in [4.78, 5) is 25.0. The lowest BCUT2D eigenvalue weighted by molar-refractivity contribution is 0.0474. The van der Waals surface area contributed by atoms with Crippen LogP contribution in [0.1, 0.15) is 33.6 Å². The highest BCUT2D eigenvalue weighted by Gasteiger charge is 2.28. The normalized spacial score (nSPS) is 14.3. The minimum absolute atomic E-state index is 0.0276. The fraction of sp³-hybridized carbons (Fsp3) is 0.333. The minimum Gasteiger partial charge on any atom is -0.497 e. The van der Waals surface area contributed by atoms with Crippen molar-refractivity contribution in [2.45, 2.75) is 17.7 Å². The minimum atomic E-state index is -3.73. The molecule has 166 valence electrons. The molecule has 0 radical (unpaired) electrons. The summed E-state index contributed by atoms with van der Waals surface area (Å²) < 4.78 is 42.2. The Balaban J connectivity index is 1.76. The molecule has 0 N–H and O–H groups in total. The molecule has 8 nitrogen and oxygen atoms in total. The number of esters is 1. The van der Waals surface area contributed by atoms with E-state index in [1.807, 2.05) is 0 Å². The summed E-state index contributed by atoms with van der Waals surface area (Å²) in [6.45, 7) is 0.298. The van der Waals surface area contributed by atoms with Crippen LogP contribution >= 0.6 is 11.6 Å². The fourth-order valence-electron chi connectivity index (χ4n) is 3.21. The third-order valence-corrected chi connectivity index (χ3v) is 7.13. The van der Waals surface area contributed by atoms with Gasteiger partial charge in [0, 0.05) is 19.2 Å². The van der Waals surface area contributed by atoms with Gasteiger partial charge in [0.2, 0.25) is 15.8 Å². The van der Waals surface area contributed by atoms with Crippen LogP contribution in [0.15, 0.2) is 41.3 Å². The van der Waals surface area contributed by atoms with Gasteiger partial charge in [-0.1, -0.05) is 11.6 Å². The molecule has 0 atom stereocenters. The number of benzene rings is 2. The number of carbonyl (C=O) groups is 2. The first-order valence-corrected chi connectivity index (χ1v) is 11.3. The van der Waals surface area contributed by atoms with Crippen molar-refractivity contribution in [1.82, 2.24) is 4.31 Å². The van der Waals surface area contributed by atoms with Crippen LogP contribution in [0.5, 0.6) is 11.5 Å². The molecule has 1 heterocycles. The highest BCUT2D eigenvalue weighted by molar-refractivity contribution is 7.89. The average molecular weight is 468 g/mol. The number of ketones is 1. The van der Waals surface area contributed by atoms with Gasteiger partial charge in [0.05, 0.1) is 35.3 Å². The number of halogens is 1. The molecule has 1 aliphatic heterocycles. The van der Waals surface area contributed by atoms with Gasteiger partial charge in [-0.2, -0.15) is 4.31 Å². The van der Waals surface area contributed by atoms with Crippen molar-refractivity contribution < 1.29 is 32.2 Å². The molecule has 0 aliphatic carbocycles. The molecule has 0 spiro atoms. The van der Waals surface area contributed by atoms with E-state index in [4.69, 9.17) is 25.8 Å². The zero-order chi connectivity index (χ0) is 22.6. The fourth-order valence-corrected chi connectivity index (χ4v) is 4.95. The van der Waals surface area contributed by atoms with E-state index in [1.165, 1.54) is 42.8 Å². The lowest BCUT2D eigenvalue weighted by atomic mass is 10.1. The average Bonchev–Trinajstić information content (AvgIpc) is 3.32. The molecular weight excluding hydrogens is 446 g/mol. The van der Waals surface area contributed by atoms with E-state index in [-0.39, 0.29) is 26.8 Å². The Morgan fingerprint density at radius 2 is 1.71 bits per heavy atom. The Morgan fingerprint density at radius 1 is 1.00 bits per heavy atom. The summed E-state index contributed by atoms with van der Waals surface area (Å²) >= 11 is 6.09. The van der Waals surface area contributed by atoms with E-state index in [2.05, 4.69) is 0 Å². The van der Waals surface area contributed by atoms with E-state index in [0.29, 0.717) is 18.8 Å². The number of sulfonamides is 1. The molecule has 2 aromatic carbocycles. The van der Waals surface area contributed by atoms with Gasteiger partial charge < -0.3 is 14.2 Å². The van der Waals surface area contributed by atoms with Gasteiger partial charge in [0.25, 0.3) is 0 Å². The lowest BCUT2D eigenvalue weighted by Gasteiger charge is -2.16. The maximum atomic E-state index is 12.7. The maximum Gasteiger partial charge on any atom is 0.340 e. The second kappa shape index (κ2) is 9.67. The summed E-state index contributed by atoms with van der Waals surface area (Å²) in [6.07, 6.45) is 1.58. The van der Waals surface area contributed by atoms with Gasteiger partial charge in [-0.05, 0) is 43.2 Å². The van der Waals surface area contributed by atoms with E-state index in [1.54, 1.807) is 12.1 Å². The van der Waals surface area contributed by atoms with Crippen LogP contribution in [0.25, 0.3) is 0 Å². The zero-order valence-electron chi connectivity index (χ0n) is 17.1. The molecule has 0 saturated carbocycles. The van der Waals surface area contributed by atoms with Gasteiger partial charge in [-0.25, -0.2) is 13.2 Å². The van der Waals surface area contributed by atoms with E-state index < -0.39 is 28.4 Å². The van der Waals surface area contributed by atoms with E-state index in [0.717, 1.165) is 12.8 Å². The first-order valence-electron chi connectivity index (χ1n) is 9.50. The number of nitrogens with zero attached hydrogens (tertiary/aromatic N) is 1. The lowest BCUT2D eigenvalue weighted by Crippen LogP contribution is -2.28. The molecule has 0 aromatic heterocycles. The van der Waals surface area contributed by atoms with Crippen LogP contribution in [0.2, 0.25) is 5.02 Å². The van der Waals surface area contributed by atoms with Crippen molar-refractivity contribution in [3.63, 3.8) is 0 Å². The molecular formula is C21H22ClNO7S. The number of rotatable bonds is 8. The molecule has 10 heteroatoms. The van der Waals surface area contributed by atoms with Gasteiger partial charge in [0.1, 0.15) is 11.5 Å². The third kappa shape index (κ3) is 5.00. The van der Waals surface area contributed by atoms with Crippen LogP contribution in [0.3, 0.4) is 0 Å². The summed E-state index contributed by atoms with van der Waals surface area (Å²) in [5, 5.41) is 0.0276. The highest BCUT2D eigenvalue weighted by atomic mass is 35.5. The molecule has 1 saturated heterocycles. The van der Waals surface area contributed by atoms with E-state index >= 15 is 0 Å². The van der Waals surface area contributed by atoms with Gasteiger partial charge in [-0.15, -0.1) is 0 Å². The summed E-state index contributed by atoms with van der Waals surface area (Å²) in [5.41, 5.74) is 0.0870. The zero-order valence-corrected chi connectivity index (χ0v) is 18.7. The molecule has 1 aliphatic rings. The van der Waals surface area contributed by atoms with E-state index in [9.17, 15) is 18.0 Å². The predicted molar refractivity (Wildman–Crippen MR) is 114 cm³/mol. The topological polar surface area (TPSA) is 99.2 Å². The Labute approximate surface area is 185 Å². The molecule has 2 aromatic rings. The maximum absolute atomic E-state index is 12.7. The molecule has 0 amide bonds. The first kappa shape index (κ1) is 23.1. The summed E-state index contributed by atoms with van der Waals surface area (Å²) in [5.74, 6) is -0.612. The predicted octanol–water partition coefficient (Wildman–Crippen LogP) is 3.18. The molecule has 1 fully saturated rings. The number of hydrogen-bond acceptors (Lipinski definition) is 7. The Kier molecular flexibility index (Phi) is 7.19. The van der Waals surface area contributed by atoms with Crippen LogP contribution in [0.4, 0.5) is 0 Å². The number of methoxy groups -OCH3 is 2. The SMILES string of the molecule is COc1ccc(C(=O)COC(=O)c2cc(S(=O)(=O)N3CCCC3)ccc2Cl)c(OC)c1. The quantitative estimate of drug-likeness (QED) is 0.434. The van der Waals surface area contributed by atoms with Crippen LogP contribution < -0.4 is 9.47 Å². The second-order valence-electron chi connectivity index (χ2n) is 6.82. The highest BCUT2D eigenvalue weighted by Crippen LogP contribution is 2.27. The van der Waals surface area contributed by atoms with Crippen LogP contribution in [0, 0.1) is 0 Å². The van der Waals surface area contributed by atoms with Crippen LogP contribution in [-0.2, 0) is 14.8 Å². The third-order valence-electron chi connectivity index (χ3n) is 4.90. The number of hydrogen-bond donors (Lipinski definition) is 0. The smallest absolute Gasteiger partial charge is 0.340 e. The summed E-state index contributed by atoms with van der Waals surface area (Å²) in [7, 11) is -0.837. The second-order valence-corrected chi connectivity index (χ2v) is 9.16. The van der Waals surface area contributed by atoms with Crippen molar-refractivity contribution in [2.75, 3.05) is 33.9 Å². The van der Waals surface area contributed by atoms with Crippen molar-refractivity contribution in [3.05, 3.63) is 52.5 Å². The Hall–Kier alpha value is -2.62. The number of carbonyl (C=O) groups excluding carboxylic acids is 2. The molecule has 3 rings (SSSR count). The monoisotopic (exact) mass is 467 g/mol. The molecule has 0 bridgehead atoms. The van der Waals surface area contributed by atoms with Crippen LogP contribution in [-0.4, -0.2) is 58.4 Å². The molecule has 31 heavy (non-hydrogen) atoms. The van der Waals surface area contributed by atoms with Gasteiger partial charge in [0.15, 0.2) is 6.61 Å². The van der Waals surface area contributed by atoms with Crippen molar-refractivity contribution in [1.29, 1.82) is 0 Å². The van der Waals surface area contributed by atoms with Gasteiger partial charge >= 0.3 is 5.97 Å². The van der Waals surface area contributed by atoms with Crippen molar-refractivity contribution in [2.24, 2.45) is 0 Å². The summed E-state index contributed by atoms with van der Waals surface area (Å²) in [6, 6.07) is 8.48. The standard InChI is InChI=1S/C21H22ClNO7S/c1-28-14-5-7-16(20(11-14)29-2)19(24)13-30-21(25)17-12-15(6-8-18(17)22)31(26,27)23-9-3-4-10-23/h5-8,11-12H,3-4,9-10,13H2,1-2H3. The van der Waals surface area contributed by atoms with Gasteiger partial charge in [-0.3, -0.25) is 4.79 Å². The van der Waals surface area contributed by atoms with Crippen molar-refractivity contribution >= 4 is 33.4 Å². The number of ether oxygens (including phenoxy) is 3.